The van der Waals surface area contributed by atoms with Gasteiger partial charge in [0.15, 0.2) is 5.82 Å². The van der Waals surface area contributed by atoms with Crippen LogP contribution in [0.25, 0.3) is 0 Å². The van der Waals surface area contributed by atoms with E-state index in [1.54, 1.807) is 0 Å². The highest BCUT2D eigenvalue weighted by molar-refractivity contribution is 5.77. The van der Waals surface area contributed by atoms with E-state index in [0.29, 0.717) is 38.5 Å². The van der Waals surface area contributed by atoms with Crippen molar-refractivity contribution in [2.24, 2.45) is 0 Å². The number of H-pyrrole nitrogens is 1. The zero-order valence-electron chi connectivity index (χ0n) is 14.3. The van der Waals surface area contributed by atoms with Crippen LogP contribution in [-0.4, -0.2) is 52.3 Å². The lowest BCUT2D eigenvalue weighted by molar-refractivity contribution is -0.139. The summed E-state index contributed by atoms with van der Waals surface area (Å²) < 4.78 is 11.4. The molecule has 7 heteroatoms. The van der Waals surface area contributed by atoms with Gasteiger partial charge in [0.2, 0.25) is 5.91 Å². The minimum atomic E-state index is -0.260. The summed E-state index contributed by atoms with van der Waals surface area (Å²) in [5, 5.41) is 6.99. The van der Waals surface area contributed by atoms with E-state index in [4.69, 9.17) is 9.47 Å². The van der Waals surface area contributed by atoms with Gasteiger partial charge in [0.1, 0.15) is 17.7 Å². The second-order valence-corrected chi connectivity index (χ2v) is 6.55. The Bertz CT molecular complexity index is 760. The Morgan fingerprint density at radius 2 is 2.24 bits per heavy atom. The van der Waals surface area contributed by atoms with Crippen molar-refractivity contribution in [1.82, 2.24) is 20.1 Å². The van der Waals surface area contributed by atoms with Crippen LogP contribution >= 0.6 is 0 Å². The Labute approximate surface area is 146 Å². The van der Waals surface area contributed by atoms with Crippen molar-refractivity contribution in [1.29, 1.82) is 0 Å². The number of aromatic nitrogens is 3. The van der Waals surface area contributed by atoms with Gasteiger partial charge in [-0.05, 0) is 30.9 Å². The van der Waals surface area contributed by atoms with Crippen molar-refractivity contribution in [3.05, 3.63) is 41.5 Å². The molecule has 1 amide bonds. The molecule has 0 bridgehead atoms. The van der Waals surface area contributed by atoms with Gasteiger partial charge in [-0.3, -0.25) is 9.89 Å². The Hall–Kier alpha value is -2.41. The average molecular weight is 342 g/mol. The SMILES string of the molecule is Cc1nc(C2CN(C(=O)CC3CCOc4ccccc43)CCO2)n[nH]1. The zero-order valence-corrected chi connectivity index (χ0v) is 14.3. The summed E-state index contributed by atoms with van der Waals surface area (Å²) in [7, 11) is 0. The van der Waals surface area contributed by atoms with Crippen LogP contribution in [0.5, 0.6) is 5.75 Å². The maximum absolute atomic E-state index is 12.8. The normalized spacial score (nSPS) is 23.0. The third kappa shape index (κ3) is 3.37. The highest BCUT2D eigenvalue weighted by Crippen LogP contribution is 2.36. The number of nitrogens with zero attached hydrogens (tertiary/aromatic N) is 3. The number of rotatable bonds is 3. The monoisotopic (exact) mass is 342 g/mol. The number of benzene rings is 1. The Balaban J connectivity index is 1.43. The summed E-state index contributed by atoms with van der Waals surface area (Å²) >= 11 is 0. The molecule has 7 nitrogen and oxygen atoms in total. The molecule has 1 aromatic heterocycles. The summed E-state index contributed by atoms with van der Waals surface area (Å²) in [6.45, 7) is 4.14. The van der Waals surface area contributed by atoms with Gasteiger partial charge in [0.25, 0.3) is 0 Å². The Morgan fingerprint density at radius 3 is 3.08 bits per heavy atom. The van der Waals surface area contributed by atoms with E-state index in [-0.39, 0.29) is 17.9 Å². The number of nitrogens with one attached hydrogen (secondary N) is 1. The van der Waals surface area contributed by atoms with Crippen LogP contribution in [0.1, 0.15) is 42.1 Å². The standard InChI is InChI=1S/C18H22N4O3/c1-12-19-18(21-20-12)16-11-22(7-9-25-16)17(23)10-13-6-8-24-15-5-3-2-4-14(13)15/h2-5,13,16H,6-11H2,1H3,(H,19,20,21). The number of para-hydroxylation sites is 1. The van der Waals surface area contributed by atoms with E-state index in [2.05, 4.69) is 21.2 Å². The lowest BCUT2D eigenvalue weighted by Gasteiger charge is -2.33. The summed E-state index contributed by atoms with van der Waals surface area (Å²) in [4.78, 5) is 19.0. The van der Waals surface area contributed by atoms with E-state index in [1.165, 1.54) is 0 Å². The van der Waals surface area contributed by atoms with E-state index in [1.807, 2.05) is 30.0 Å². The lowest BCUT2D eigenvalue weighted by Crippen LogP contribution is -2.43. The molecule has 0 saturated carbocycles. The van der Waals surface area contributed by atoms with Crippen LogP contribution in [0.2, 0.25) is 0 Å². The highest BCUT2D eigenvalue weighted by Gasteiger charge is 2.30. The molecule has 2 aromatic rings. The van der Waals surface area contributed by atoms with Crippen molar-refractivity contribution in [3.8, 4) is 5.75 Å². The van der Waals surface area contributed by atoms with Gasteiger partial charge in [0.05, 0.1) is 19.8 Å². The number of carbonyl (C=O) groups is 1. The van der Waals surface area contributed by atoms with Crippen LogP contribution in [0.15, 0.2) is 24.3 Å². The number of fused-ring (bicyclic) bond motifs is 1. The number of hydrogen-bond acceptors (Lipinski definition) is 5. The fraction of sp³-hybridized carbons (Fsp3) is 0.500. The minimum Gasteiger partial charge on any atom is -0.493 e. The number of carbonyl (C=O) groups excluding carboxylic acids is 1. The van der Waals surface area contributed by atoms with Crippen LogP contribution in [-0.2, 0) is 9.53 Å². The molecule has 25 heavy (non-hydrogen) atoms. The average Bonchev–Trinajstić information content (AvgIpc) is 3.09. The Morgan fingerprint density at radius 1 is 1.36 bits per heavy atom. The van der Waals surface area contributed by atoms with Gasteiger partial charge in [-0.15, -0.1) is 0 Å². The molecule has 0 aliphatic carbocycles. The number of amides is 1. The molecule has 1 N–H and O–H groups in total. The predicted molar refractivity (Wildman–Crippen MR) is 90.3 cm³/mol. The number of aryl methyl sites for hydroxylation is 1. The van der Waals surface area contributed by atoms with Crippen molar-refractivity contribution < 1.29 is 14.3 Å². The molecule has 2 atom stereocenters. The van der Waals surface area contributed by atoms with Crippen LogP contribution < -0.4 is 4.74 Å². The summed E-state index contributed by atoms with van der Waals surface area (Å²) in [6.07, 6.45) is 1.11. The fourth-order valence-electron chi connectivity index (χ4n) is 3.50. The maximum Gasteiger partial charge on any atom is 0.223 e. The molecule has 2 aliphatic rings. The Kier molecular flexibility index (Phi) is 4.40. The lowest BCUT2D eigenvalue weighted by atomic mass is 9.90. The fourth-order valence-corrected chi connectivity index (χ4v) is 3.50. The summed E-state index contributed by atoms with van der Waals surface area (Å²) in [5.41, 5.74) is 1.14. The molecular weight excluding hydrogens is 320 g/mol. The van der Waals surface area contributed by atoms with Crippen LogP contribution in [0, 0.1) is 6.92 Å². The first-order valence-corrected chi connectivity index (χ1v) is 8.70. The quantitative estimate of drug-likeness (QED) is 0.922. The first-order chi connectivity index (χ1) is 12.2. The predicted octanol–water partition coefficient (Wildman–Crippen LogP) is 1.97. The molecule has 1 saturated heterocycles. The molecular formula is C18H22N4O3. The van der Waals surface area contributed by atoms with E-state index >= 15 is 0 Å². The molecule has 3 heterocycles. The smallest absolute Gasteiger partial charge is 0.223 e. The molecule has 4 rings (SSSR count). The number of morpholine rings is 1. The first-order valence-electron chi connectivity index (χ1n) is 8.70. The summed E-state index contributed by atoms with van der Waals surface area (Å²) in [5.74, 6) is 2.64. The van der Waals surface area contributed by atoms with Crippen molar-refractivity contribution in [2.75, 3.05) is 26.3 Å². The van der Waals surface area contributed by atoms with Crippen LogP contribution in [0.3, 0.4) is 0 Å². The van der Waals surface area contributed by atoms with Crippen molar-refractivity contribution >= 4 is 5.91 Å². The van der Waals surface area contributed by atoms with Gasteiger partial charge >= 0.3 is 0 Å². The van der Waals surface area contributed by atoms with Gasteiger partial charge < -0.3 is 14.4 Å². The topological polar surface area (TPSA) is 80.3 Å². The molecule has 1 fully saturated rings. The molecule has 0 spiro atoms. The molecule has 0 radical (unpaired) electrons. The van der Waals surface area contributed by atoms with E-state index < -0.39 is 0 Å². The molecule has 2 unspecified atom stereocenters. The largest absolute Gasteiger partial charge is 0.493 e. The third-order valence-electron chi connectivity index (χ3n) is 4.83. The zero-order chi connectivity index (χ0) is 17.2. The summed E-state index contributed by atoms with van der Waals surface area (Å²) in [6, 6.07) is 8.00. The molecule has 1 aromatic carbocycles. The minimum absolute atomic E-state index is 0.155. The van der Waals surface area contributed by atoms with Crippen molar-refractivity contribution in [2.45, 2.75) is 31.8 Å². The van der Waals surface area contributed by atoms with Crippen LogP contribution in [0.4, 0.5) is 0 Å². The second-order valence-electron chi connectivity index (χ2n) is 6.55. The van der Waals surface area contributed by atoms with Gasteiger partial charge in [-0.25, -0.2) is 4.98 Å². The first kappa shape index (κ1) is 16.1. The van der Waals surface area contributed by atoms with E-state index in [0.717, 1.165) is 23.6 Å². The molecule has 2 aliphatic heterocycles. The van der Waals surface area contributed by atoms with Gasteiger partial charge in [0, 0.05) is 13.0 Å². The third-order valence-corrected chi connectivity index (χ3v) is 4.83. The van der Waals surface area contributed by atoms with Gasteiger partial charge in [-0.2, -0.15) is 5.10 Å². The number of ether oxygens (including phenoxy) is 2. The second kappa shape index (κ2) is 6.84. The number of hydrogen-bond donors (Lipinski definition) is 1. The molecule has 132 valence electrons. The maximum atomic E-state index is 12.8. The van der Waals surface area contributed by atoms with E-state index in [9.17, 15) is 4.79 Å². The highest BCUT2D eigenvalue weighted by atomic mass is 16.5. The number of aromatic amines is 1. The van der Waals surface area contributed by atoms with Gasteiger partial charge in [-0.1, -0.05) is 18.2 Å². The van der Waals surface area contributed by atoms with Crippen molar-refractivity contribution in [3.63, 3.8) is 0 Å².